The van der Waals surface area contributed by atoms with E-state index in [1.54, 1.807) is 24.3 Å². The van der Waals surface area contributed by atoms with E-state index in [-0.39, 0.29) is 11.5 Å². The molecule has 3 rings (SSSR count). The summed E-state index contributed by atoms with van der Waals surface area (Å²) in [5.41, 5.74) is -0.345. The summed E-state index contributed by atoms with van der Waals surface area (Å²) in [6.45, 7) is 0. The van der Waals surface area contributed by atoms with Gasteiger partial charge in [-0.1, -0.05) is 12.1 Å². The highest BCUT2D eigenvalue weighted by Gasteiger charge is 2.05. The molecule has 0 bridgehead atoms. The van der Waals surface area contributed by atoms with Gasteiger partial charge in [0, 0.05) is 0 Å². The first-order valence-electron chi connectivity index (χ1n) is 6.36. The van der Waals surface area contributed by atoms with Crippen LogP contribution in [-0.4, -0.2) is 26.1 Å². The van der Waals surface area contributed by atoms with Gasteiger partial charge in [0.2, 0.25) is 0 Å². The Bertz CT molecular complexity index is 1000. The first kappa shape index (κ1) is 13.6. The van der Waals surface area contributed by atoms with Crippen molar-refractivity contribution in [1.29, 1.82) is 0 Å². The highest BCUT2D eigenvalue weighted by Crippen LogP contribution is 2.23. The van der Waals surface area contributed by atoms with E-state index >= 15 is 0 Å². The fraction of sp³-hybridized carbons (Fsp3) is 0. The number of H-pyrrole nitrogens is 1. The number of para-hydroxylation sites is 1. The minimum Gasteiger partial charge on any atom is -0.504 e. The predicted molar refractivity (Wildman–Crippen MR) is 81.6 cm³/mol. The van der Waals surface area contributed by atoms with Crippen molar-refractivity contribution in [3.8, 4) is 11.5 Å². The molecule has 110 valence electrons. The third-order valence-electron chi connectivity index (χ3n) is 3.11. The lowest BCUT2D eigenvalue weighted by atomic mass is 10.2. The van der Waals surface area contributed by atoms with Crippen LogP contribution < -0.4 is 11.2 Å². The number of hydrogen-bond donors (Lipinski definition) is 3. The largest absolute Gasteiger partial charge is 0.504 e. The van der Waals surface area contributed by atoms with Crippen LogP contribution in [-0.2, 0) is 0 Å². The number of hydrogen-bond acceptors (Lipinski definition) is 5. The monoisotopic (exact) mass is 297 g/mol. The SMILES string of the molecule is O=c1[nH]c2ccccc2c(=O)n1/N=C\c1ccc(O)c(O)c1. The number of fused-ring (bicyclic) bond motifs is 1. The second-order valence-electron chi connectivity index (χ2n) is 4.59. The normalized spacial score (nSPS) is 11.3. The molecule has 22 heavy (non-hydrogen) atoms. The Morgan fingerprint density at radius 3 is 2.59 bits per heavy atom. The maximum absolute atomic E-state index is 12.2. The van der Waals surface area contributed by atoms with Gasteiger partial charge in [-0.3, -0.25) is 4.79 Å². The second kappa shape index (κ2) is 5.21. The van der Waals surface area contributed by atoms with Crippen LogP contribution in [0.3, 0.4) is 0 Å². The van der Waals surface area contributed by atoms with Crippen molar-refractivity contribution in [1.82, 2.24) is 9.66 Å². The molecule has 0 fully saturated rings. The van der Waals surface area contributed by atoms with Crippen molar-refractivity contribution < 1.29 is 10.2 Å². The molecule has 2 aromatic carbocycles. The molecule has 0 amide bonds. The van der Waals surface area contributed by atoms with Crippen molar-refractivity contribution in [3.63, 3.8) is 0 Å². The van der Waals surface area contributed by atoms with E-state index in [2.05, 4.69) is 10.1 Å². The lowest BCUT2D eigenvalue weighted by molar-refractivity contribution is 0.403. The lowest BCUT2D eigenvalue weighted by Gasteiger charge is -2.01. The fourth-order valence-corrected chi connectivity index (χ4v) is 2.00. The quantitative estimate of drug-likeness (QED) is 0.484. The molecule has 0 saturated carbocycles. The minimum atomic E-state index is -0.664. The Morgan fingerprint density at radius 1 is 1.05 bits per heavy atom. The molecule has 1 aromatic heterocycles. The van der Waals surface area contributed by atoms with E-state index in [1.165, 1.54) is 24.4 Å². The first-order chi connectivity index (χ1) is 10.6. The maximum atomic E-state index is 12.2. The van der Waals surface area contributed by atoms with Gasteiger partial charge in [-0.25, -0.2) is 4.79 Å². The van der Waals surface area contributed by atoms with E-state index in [0.717, 1.165) is 0 Å². The van der Waals surface area contributed by atoms with Crippen LogP contribution in [0, 0.1) is 0 Å². The van der Waals surface area contributed by atoms with E-state index in [0.29, 0.717) is 21.1 Å². The van der Waals surface area contributed by atoms with E-state index in [9.17, 15) is 19.8 Å². The molecule has 7 nitrogen and oxygen atoms in total. The first-order valence-corrected chi connectivity index (χ1v) is 6.36. The van der Waals surface area contributed by atoms with Gasteiger partial charge in [0.15, 0.2) is 11.5 Å². The molecular formula is C15H11N3O4. The molecule has 0 aliphatic carbocycles. The number of aromatic nitrogens is 2. The number of nitrogens with one attached hydrogen (secondary N) is 1. The highest BCUT2D eigenvalue weighted by atomic mass is 16.3. The van der Waals surface area contributed by atoms with Crippen molar-refractivity contribution in [2.75, 3.05) is 0 Å². The molecule has 0 spiro atoms. The highest BCUT2D eigenvalue weighted by molar-refractivity contribution is 5.81. The average Bonchev–Trinajstić information content (AvgIpc) is 2.50. The van der Waals surface area contributed by atoms with Crippen molar-refractivity contribution in [2.24, 2.45) is 5.10 Å². The van der Waals surface area contributed by atoms with Gasteiger partial charge in [-0.2, -0.15) is 5.10 Å². The zero-order valence-electron chi connectivity index (χ0n) is 11.2. The summed E-state index contributed by atoms with van der Waals surface area (Å²) < 4.78 is 0.701. The summed E-state index contributed by atoms with van der Waals surface area (Å²) in [7, 11) is 0. The minimum absolute atomic E-state index is 0.266. The van der Waals surface area contributed by atoms with Gasteiger partial charge in [-0.15, -0.1) is 4.68 Å². The smallest absolute Gasteiger partial charge is 0.349 e. The van der Waals surface area contributed by atoms with Crippen LogP contribution in [0.2, 0.25) is 0 Å². The second-order valence-corrected chi connectivity index (χ2v) is 4.59. The number of aromatic amines is 1. The third-order valence-corrected chi connectivity index (χ3v) is 3.11. The van der Waals surface area contributed by atoms with E-state index < -0.39 is 11.2 Å². The predicted octanol–water partition coefficient (Wildman–Crippen LogP) is 0.983. The maximum Gasteiger partial charge on any atom is 0.349 e. The standard InChI is InChI=1S/C15H11N3O4/c19-12-6-5-9(7-13(12)20)8-16-18-14(21)10-3-1-2-4-11(10)17-15(18)22/h1-8,19-20H,(H,17,22)/b16-8-. The summed E-state index contributed by atoms with van der Waals surface area (Å²) in [6, 6.07) is 10.6. The lowest BCUT2D eigenvalue weighted by Crippen LogP contribution is -2.32. The summed E-state index contributed by atoms with van der Waals surface area (Å²) >= 11 is 0. The van der Waals surface area contributed by atoms with Crippen molar-refractivity contribution in [3.05, 3.63) is 68.9 Å². The summed E-state index contributed by atoms with van der Waals surface area (Å²) in [6.07, 6.45) is 1.24. The molecular weight excluding hydrogens is 286 g/mol. The number of nitrogens with zero attached hydrogens (tertiary/aromatic N) is 2. The zero-order valence-corrected chi connectivity index (χ0v) is 11.2. The molecule has 0 saturated heterocycles. The molecule has 3 N–H and O–H groups in total. The number of phenolic OH excluding ortho intramolecular Hbond substituents is 2. The Hall–Kier alpha value is -3.35. The van der Waals surface area contributed by atoms with Crippen LogP contribution in [0.5, 0.6) is 11.5 Å². The van der Waals surface area contributed by atoms with Gasteiger partial charge in [-0.05, 0) is 35.9 Å². The van der Waals surface area contributed by atoms with Gasteiger partial charge in [0.1, 0.15) is 0 Å². The molecule has 0 aliphatic rings. The van der Waals surface area contributed by atoms with Crippen LogP contribution >= 0.6 is 0 Å². The molecule has 1 heterocycles. The molecule has 0 radical (unpaired) electrons. The molecule has 7 heteroatoms. The zero-order chi connectivity index (χ0) is 15.7. The van der Waals surface area contributed by atoms with Crippen LogP contribution in [0.4, 0.5) is 0 Å². The number of rotatable bonds is 2. The van der Waals surface area contributed by atoms with Crippen molar-refractivity contribution >= 4 is 17.1 Å². The molecule has 0 atom stereocenters. The van der Waals surface area contributed by atoms with Gasteiger partial charge < -0.3 is 15.2 Å². The Morgan fingerprint density at radius 2 is 1.82 bits per heavy atom. The summed E-state index contributed by atoms with van der Waals surface area (Å²) in [5.74, 6) is -0.582. The van der Waals surface area contributed by atoms with E-state index in [4.69, 9.17) is 0 Å². The van der Waals surface area contributed by atoms with Crippen LogP contribution in [0.15, 0.2) is 57.2 Å². The fourth-order valence-electron chi connectivity index (χ4n) is 2.00. The molecule has 0 unspecified atom stereocenters. The molecule has 0 aliphatic heterocycles. The number of benzene rings is 2. The van der Waals surface area contributed by atoms with Crippen molar-refractivity contribution in [2.45, 2.75) is 0 Å². The van der Waals surface area contributed by atoms with Crippen LogP contribution in [0.25, 0.3) is 10.9 Å². The van der Waals surface area contributed by atoms with Gasteiger partial charge in [0.05, 0.1) is 17.1 Å². The van der Waals surface area contributed by atoms with Gasteiger partial charge >= 0.3 is 5.69 Å². The number of aromatic hydroxyl groups is 2. The number of phenols is 2. The Balaban J connectivity index is 2.10. The summed E-state index contributed by atoms with van der Waals surface area (Å²) in [5, 5.41) is 22.8. The Labute approximate surface area is 123 Å². The van der Waals surface area contributed by atoms with Crippen LogP contribution in [0.1, 0.15) is 5.56 Å². The van der Waals surface area contributed by atoms with Gasteiger partial charge in [0.25, 0.3) is 5.56 Å². The average molecular weight is 297 g/mol. The van der Waals surface area contributed by atoms with E-state index in [1.807, 2.05) is 0 Å². The third kappa shape index (κ3) is 2.35. The molecule has 3 aromatic rings. The Kier molecular flexibility index (Phi) is 3.23. The topological polar surface area (TPSA) is 108 Å². The summed E-state index contributed by atoms with van der Waals surface area (Å²) in [4.78, 5) is 26.7.